The molecule has 2 aromatic carbocycles. The number of aryl methyl sites for hydroxylation is 2. The molecule has 122 valence electrons. The summed E-state index contributed by atoms with van der Waals surface area (Å²) in [4.78, 5) is 12.8. The van der Waals surface area contributed by atoms with Crippen LogP contribution in [-0.2, 0) is 0 Å². The lowest BCUT2D eigenvalue weighted by Crippen LogP contribution is -2.14. The molecule has 1 N–H and O–H groups in total. The summed E-state index contributed by atoms with van der Waals surface area (Å²) in [5.41, 5.74) is 4.94. The summed E-state index contributed by atoms with van der Waals surface area (Å²) >= 11 is 3.49. The second-order valence-corrected chi connectivity index (χ2v) is 6.58. The summed E-state index contributed by atoms with van der Waals surface area (Å²) in [7, 11) is 0. The highest BCUT2D eigenvalue weighted by Crippen LogP contribution is 2.25. The molecule has 0 unspecified atom stereocenters. The number of carbonyl (C=O) groups excluding carboxylic acids is 1. The first-order valence-electron chi connectivity index (χ1n) is 7.66. The van der Waals surface area contributed by atoms with E-state index in [1.54, 1.807) is 4.68 Å². The number of aromatic nitrogens is 2. The lowest BCUT2D eigenvalue weighted by molar-refractivity contribution is 0.102. The number of nitrogens with one attached hydrogen (secondary N) is 1. The summed E-state index contributed by atoms with van der Waals surface area (Å²) in [5.74, 6) is -0.156. The number of para-hydroxylation sites is 1. The fourth-order valence-electron chi connectivity index (χ4n) is 2.70. The second kappa shape index (κ2) is 6.61. The Morgan fingerprint density at radius 1 is 1.08 bits per heavy atom. The highest BCUT2D eigenvalue weighted by molar-refractivity contribution is 9.10. The Labute approximate surface area is 149 Å². The van der Waals surface area contributed by atoms with Crippen LogP contribution in [0.5, 0.6) is 0 Å². The van der Waals surface area contributed by atoms with Crippen LogP contribution in [0.3, 0.4) is 0 Å². The van der Waals surface area contributed by atoms with Crippen LogP contribution in [0.25, 0.3) is 5.69 Å². The smallest absolute Gasteiger partial charge is 0.259 e. The molecule has 1 heterocycles. The van der Waals surface area contributed by atoms with E-state index in [0.717, 1.165) is 27.1 Å². The van der Waals surface area contributed by atoms with Gasteiger partial charge in [0.25, 0.3) is 5.91 Å². The molecule has 3 rings (SSSR count). The van der Waals surface area contributed by atoms with Gasteiger partial charge in [0.15, 0.2) is 0 Å². The number of anilines is 1. The van der Waals surface area contributed by atoms with E-state index >= 15 is 0 Å². The Morgan fingerprint density at radius 2 is 1.79 bits per heavy atom. The van der Waals surface area contributed by atoms with Crippen LogP contribution in [0.2, 0.25) is 0 Å². The van der Waals surface area contributed by atoms with E-state index in [1.807, 2.05) is 69.3 Å². The van der Waals surface area contributed by atoms with E-state index in [-0.39, 0.29) is 5.91 Å². The molecule has 0 spiro atoms. The molecule has 0 saturated heterocycles. The molecule has 0 fully saturated rings. The fourth-order valence-corrected chi connectivity index (χ4v) is 3.29. The van der Waals surface area contributed by atoms with E-state index < -0.39 is 0 Å². The third-order valence-electron chi connectivity index (χ3n) is 3.89. The Hall–Kier alpha value is -2.40. The van der Waals surface area contributed by atoms with E-state index in [9.17, 15) is 4.79 Å². The lowest BCUT2D eigenvalue weighted by Gasteiger charge is -2.09. The minimum absolute atomic E-state index is 0.156. The molecule has 1 aromatic heterocycles. The molecule has 5 heteroatoms. The number of rotatable bonds is 3. The molecule has 0 atom stereocenters. The van der Waals surface area contributed by atoms with Crippen molar-refractivity contribution in [2.75, 3.05) is 5.32 Å². The van der Waals surface area contributed by atoms with Crippen molar-refractivity contribution in [3.63, 3.8) is 0 Å². The van der Waals surface area contributed by atoms with Gasteiger partial charge in [-0.05, 0) is 66.5 Å². The molecule has 4 nitrogen and oxygen atoms in total. The van der Waals surface area contributed by atoms with Crippen molar-refractivity contribution in [1.29, 1.82) is 0 Å². The van der Waals surface area contributed by atoms with Crippen LogP contribution in [0, 0.1) is 20.8 Å². The third kappa shape index (κ3) is 3.12. The van der Waals surface area contributed by atoms with Gasteiger partial charge in [0, 0.05) is 4.47 Å². The highest BCUT2D eigenvalue weighted by Gasteiger charge is 2.20. The van der Waals surface area contributed by atoms with Gasteiger partial charge in [0.05, 0.1) is 28.3 Å². The summed E-state index contributed by atoms with van der Waals surface area (Å²) in [6.07, 6.45) is 0. The molecular weight excluding hydrogens is 366 g/mol. The molecule has 0 aliphatic heterocycles. The number of halogens is 1. The first-order chi connectivity index (χ1) is 11.5. The largest absolute Gasteiger partial charge is 0.321 e. The molecule has 24 heavy (non-hydrogen) atoms. The number of carbonyl (C=O) groups is 1. The van der Waals surface area contributed by atoms with Crippen molar-refractivity contribution >= 4 is 27.5 Å². The van der Waals surface area contributed by atoms with Crippen LogP contribution >= 0.6 is 15.9 Å². The van der Waals surface area contributed by atoms with E-state index in [0.29, 0.717) is 11.3 Å². The maximum atomic E-state index is 12.8. The molecular formula is C19H18BrN3O. The maximum Gasteiger partial charge on any atom is 0.259 e. The summed E-state index contributed by atoms with van der Waals surface area (Å²) in [6, 6.07) is 15.6. The second-order valence-electron chi connectivity index (χ2n) is 5.73. The van der Waals surface area contributed by atoms with Crippen LogP contribution in [0.15, 0.2) is 53.0 Å². The van der Waals surface area contributed by atoms with Crippen LogP contribution in [-0.4, -0.2) is 15.7 Å². The zero-order valence-corrected chi connectivity index (χ0v) is 15.4. The van der Waals surface area contributed by atoms with Gasteiger partial charge in [-0.3, -0.25) is 4.79 Å². The number of hydrogen-bond acceptors (Lipinski definition) is 2. The van der Waals surface area contributed by atoms with Crippen molar-refractivity contribution in [1.82, 2.24) is 9.78 Å². The van der Waals surface area contributed by atoms with Gasteiger partial charge < -0.3 is 5.32 Å². The predicted molar refractivity (Wildman–Crippen MR) is 99.9 cm³/mol. The first-order valence-corrected chi connectivity index (χ1v) is 8.46. The van der Waals surface area contributed by atoms with E-state index in [2.05, 4.69) is 26.3 Å². The minimum Gasteiger partial charge on any atom is -0.321 e. The first kappa shape index (κ1) is 16.5. The van der Waals surface area contributed by atoms with Gasteiger partial charge in [-0.2, -0.15) is 5.10 Å². The SMILES string of the molecule is Cc1ccc(NC(=O)c2c(C)nn(-c3ccccc3)c2C)c(Br)c1. The zero-order chi connectivity index (χ0) is 17.3. The zero-order valence-electron chi connectivity index (χ0n) is 13.8. The normalized spacial score (nSPS) is 10.7. The topological polar surface area (TPSA) is 46.9 Å². The van der Waals surface area contributed by atoms with Gasteiger partial charge in [-0.1, -0.05) is 24.3 Å². The quantitative estimate of drug-likeness (QED) is 0.704. The Balaban J connectivity index is 1.95. The van der Waals surface area contributed by atoms with Gasteiger partial charge in [0.2, 0.25) is 0 Å². The lowest BCUT2D eigenvalue weighted by atomic mass is 10.1. The highest BCUT2D eigenvalue weighted by atomic mass is 79.9. The Bertz CT molecular complexity index is 900. The van der Waals surface area contributed by atoms with Crippen LogP contribution < -0.4 is 5.32 Å². The number of benzene rings is 2. The molecule has 0 bridgehead atoms. The van der Waals surface area contributed by atoms with Crippen LogP contribution in [0.4, 0.5) is 5.69 Å². The fraction of sp³-hybridized carbons (Fsp3) is 0.158. The average molecular weight is 384 g/mol. The van der Waals surface area contributed by atoms with Gasteiger partial charge >= 0.3 is 0 Å². The van der Waals surface area contributed by atoms with Gasteiger partial charge in [0.1, 0.15) is 0 Å². The van der Waals surface area contributed by atoms with Crippen molar-refractivity contribution in [2.45, 2.75) is 20.8 Å². The van der Waals surface area contributed by atoms with Gasteiger partial charge in [-0.15, -0.1) is 0 Å². The Kier molecular flexibility index (Phi) is 4.53. The van der Waals surface area contributed by atoms with E-state index in [1.165, 1.54) is 0 Å². The number of amides is 1. The van der Waals surface area contributed by atoms with Gasteiger partial charge in [-0.25, -0.2) is 4.68 Å². The molecule has 3 aromatic rings. The van der Waals surface area contributed by atoms with E-state index in [4.69, 9.17) is 0 Å². The number of hydrogen-bond donors (Lipinski definition) is 1. The van der Waals surface area contributed by atoms with Crippen LogP contribution in [0.1, 0.15) is 27.3 Å². The molecule has 0 aliphatic carbocycles. The third-order valence-corrected chi connectivity index (χ3v) is 4.55. The minimum atomic E-state index is -0.156. The monoisotopic (exact) mass is 383 g/mol. The molecule has 0 aliphatic rings. The molecule has 1 amide bonds. The maximum absolute atomic E-state index is 12.8. The van der Waals surface area contributed by atoms with Crippen molar-refractivity contribution in [2.24, 2.45) is 0 Å². The molecule has 0 radical (unpaired) electrons. The standard InChI is InChI=1S/C19H18BrN3O/c1-12-9-10-17(16(20)11-12)21-19(24)18-13(2)22-23(14(18)3)15-7-5-4-6-8-15/h4-11H,1-3H3,(H,21,24). The van der Waals surface area contributed by atoms with Crippen molar-refractivity contribution < 1.29 is 4.79 Å². The number of nitrogens with zero attached hydrogens (tertiary/aromatic N) is 2. The molecule has 0 saturated carbocycles. The summed E-state index contributed by atoms with van der Waals surface area (Å²) in [6.45, 7) is 5.77. The Morgan fingerprint density at radius 3 is 2.46 bits per heavy atom. The van der Waals surface area contributed by atoms with Crippen molar-refractivity contribution in [3.8, 4) is 5.69 Å². The van der Waals surface area contributed by atoms with Crippen molar-refractivity contribution in [3.05, 3.63) is 75.5 Å². The summed E-state index contributed by atoms with van der Waals surface area (Å²) < 4.78 is 2.66. The predicted octanol–water partition coefficient (Wildman–Crippen LogP) is 4.81. The average Bonchev–Trinajstić information content (AvgIpc) is 2.85. The summed E-state index contributed by atoms with van der Waals surface area (Å²) in [5, 5.41) is 7.48.